The fraction of sp³-hybridized carbons (Fsp3) is 0.211. The van der Waals surface area contributed by atoms with Crippen molar-refractivity contribution in [3.05, 3.63) is 74.8 Å². The van der Waals surface area contributed by atoms with Crippen molar-refractivity contribution in [2.75, 3.05) is 6.61 Å². The zero-order valence-electron chi connectivity index (χ0n) is 14.4. The van der Waals surface area contributed by atoms with Crippen molar-refractivity contribution in [1.29, 1.82) is 0 Å². The molecule has 134 valence electrons. The minimum atomic E-state index is -0.552. The molecule has 0 aliphatic rings. The number of hydrogen-bond donors (Lipinski definition) is 0. The maximum absolute atomic E-state index is 12.2. The summed E-state index contributed by atoms with van der Waals surface area (Å²) in [6, 6.07) is 11.8. The zero-order chi connectivity index (χ0) is 18.7. The van der Waals surface area contributed by atoms with E-state index >= 15 is 0 Å². The molecule has 26 heavy (non-hydrogen) atoms. The average molecular weight is 373 g/mol. The molecule has 2 heterocycles. The molecule has 1 aromatic carbocycles. The Morgan fingerprint density at radius 1 is 1.19 bits per heavy atom. The van der Waals surface area contributed by atoms with E-state index < -0.39 is 5.97 Å². The maximum Gasteiger partial charge on any atom is 0.344 e. The van der Waals surface area contributed by atoms with Crippen LogP contribution in [-0.4, -0.2) is 22.0 Å². The fourth-order valence-electron chi connectivity index (χ4n) is 2.48. The molecule has 6 nitrogen and oxygen atoms in total. The molecule has 0 unspecified atom stereocenters. The van der Waals surface area contributed by atoms with Gasteiger partial charge in [0.05, 0.1) is 5.69 Å². The summed E-state index contributed by atoms with van der Waals surface area (Å²) < 4.78 is 12.0. The van der Waals surface area contributed by atoms with E-state index in [1.807, 2.05) is 26.0 Å². The van der Waals surface area contributed by atoms with E-state index in [1.165, 1.54) is 10.5 Å². The number of halogens is 1. The standard InChI is InChI=1S/C19H17ClN2O4/c1-12-8-15(6-7-16(12)20)25-11-19(24)26-10-14-9-18(23)22-13(2)4-3-5-17(22)21-14/h3-9H,10-11H2,1-2H3. The number of hydrogen-bond acceptors (Lipinski definition) is 5. The summed E-state index contributed by atoms with van der Waals surface area (Å²) in [6.45, 7) is 3.33. The molecule has 7 heteroatoms. The van der Waals surface area contributed by atoms with Crippen LogP contribution >= 0.6 is 11.6 Å². The van der Waals surface area contributed by atoms with Crippen LogP contribution < -0.4 is 10.3 Å². The van der Waals surface area contributed by atoms with Crippen LogP contribution in [0.4, 0.5) is 0 Å². The lowest BCUT2D eigenvalue weighted by Crippen LogP contribution is -2.19. The number of carbonyl (C=O) groups is 1. The number of esters is 1. The number of aromatic nitrogens is 2. The summed E-state index contributed by atoms with van der Waals surface area (Å²) in [5, 5.41) is 0.629. The van der Waals surface area contributed by atoms with Gasteiger partial charge in [-0.3, -0.25) is 9.20 Å². The quantitative estimate of drug-likeness (QED) is 0.644. The molecule has 0 saturated heterocycles. The average Bonchev–Trinajstić information content (AvgIpc) is 2.61. The first-order chi connectivity index (χ1) is 12.4. The minimum Gasteiger partial charge on any atom is -0.482 e. The number of ether oxygens (including phenoxy) is 2. The molecular weight excluding hydrogens is 356 g/mol. The summed E-state index contributed by atoms with van der Waals surface area (Å²) in [4.78, 5) is 28.4. The van der Waals surface area contributed by atoms with Crippen LogP contribution in [0.15, 0.2) is 47.3 Å². The van der Waals surface area contributed by atoms with Gasteiger partial charge in [-0.25, -0.2) is 9.78 Å². The van der Waals surface area contributed by atoms with Crippen molar-refractivity contribution in [2.24, 2.45) is 0 Å². The second-order valence-electron chi connectivity index (χ2n) is 5.81. The molecule has 0 aliphatic carbocycles. The summed E-state index contributed by atoms with van der Waals surface area (Å²) in [6.07, 6.45) is 0. The lowest BCUT2D eigenvalue weighted by molar-refractivity contribution is -0.147. The van der Waals surface area contributed by atoms with Crippen LogP contribution in [-0.2, 0) is 16.1 Å². The third kappa shape index (κ3) is 4.03. The lowest BCUT2D eigenvalue weighted by atomic mass is 10.2. The Hall–Kier alpha value is -2.86. The molecule has 0 fully saturated rings. The topological polar surface area (TPSA) is 69.9 Å². The Labute approximate surface area is 155 Å². The fourth-order valence-corrected chi connectivity index (χ4v) is 2.60. The number of nitrogens with zero attached hydrogens (tertiary/aromatic N) is 2. The van der Waals surface area contributed by atoms with Crippen LogP contribution in [0.5, 0.6) is 5.75 Å². The molecule has 0 spiro atoms. The smallest absolute Gasteiger partial charge is 0.344 e. The lowest BCUT2D eigenvalue weighted by Gasteiger charge is -2.09. The normalized spacial score (nSPS) is 10.7. The SMILES string of the molecule is Cc1cc(OCC(=O)OCc2cc(=O)n3c(C)cccc3n2)ccc1Cl. The van der Waals surface area contributed by atoms with Crippen molar-refractivity contribution in [2.45, 2.75) is 20.5 Å². The number of aryl methyl sites for hydroxylation is 2. The molecule has 0 amide bonds. The van der Waals surface area contributed by atoms with E-state index in [0.29, 0.717) is 22.1 Å². The van der Waals surface area contributed by atoms with Crippen molar-refractivity contribution < 1.29 is 14.3 Å². The Bertz CT molecular complexity index is 1030. The second kappa shape index (κ2) is 7.58. The second-order valence-corrected chi connectivity index (χ2v) is 6.21. The van der Waals surface area contributed by atoms with Crippen molar-refractivity contribution in [3.63, 3.8) is 0 Å². The summed E-state index contributed by atoms with van der Waals surface area (Å²) >= 11 is 5.94. The monoisotopic (exact) mass is 372 g/mol. The van der Waals surface area contributed by atoms with Crippen LogP contribution in [0, 0.1) is 13.8 Å². The van der Waals surface area contributed by atoms with Gasteiger partial charge in [-0.15, -0.1) is 0 Å². The summed E-state index contributed by atoms with van der Waals surface area (Å²) in [5.74, 6) is -0.0229. The number of pyridine rings is 1. The predicted molar refractivity (Wildman–Crippen MR) is 97.7 cm³/mol. The number of benzene rings is 1. The first kappa shape index (κ1) is 17.9. The number of carbonyl (C=O) groups excluding carboxylic acids is 1. The molecule has 0 radical (unpaired) electrons. The van der Waals surface area contributed by atoms with E-state index in [0.717, 1.165) is 11.3 Å². The van der Waals surface area contributed by atoms with E-state index in [2.05, 4.69) is 4.98 Å². The van der Waals surface area contributed by atoms with E-state index in [9.17, 15) is 9.59 Å². The highest BCUT2D eigenvalue weighted by Crippen LogP contribution is 2.20. The Kier molecular flexibility index (Phi) is 5.23. The molecule has 0 N–H and O–H groups in total. The molecule has 2 aromatic heterocycles. The van der Waals surface area contributed by atoms with Gasteiger partial charge in [0.2, 0.25) is 0 Å². The highest BCUT2D eigenvalue weighted by atomic mass is 35.5. The van der Waals surface area contributed by atoms with Gasteiger partial charge in [-0.2, -0.15) is 0 Å². The van der Waals surface area contributed by atoms with Crippen molar-refractivity contribution in [3.8, 4) is 5.75 Å². The highest BCUT2D eigenvalue weighted by Gasteiger charge is 2.09. The molecule has 0 bridgehead atoms. The predicted octanol–water partition coefficient (Wildman–Crippen LogP) is 3.09. The molecule has 0 atom stereocenters. The van der Waals surface area contributed by atoms with Gasteiger partial charge in [0.15, 0.2) is 6.61 Å². The van der Waals surface area contributed by atoms with Gasteiger partial charge >= 0.3 is 5.97 Å². The van der Waals surface area contributed by atoms with Crippen molar-refractivity contribution in [1.82, 2.24) is 9.38 Å². The largest absolute Gasteiger partial charge is 0.482 e. The van der Waals surface area contributed by atoms with Crippen LogP contribution in [0.1, 0.15) is 17.0 Å². The summed E-state index contributed by atoms with van der Waals surface area (Å²) in [5.41, 5.74) is 2.32. The molecule has 0 aliphatic heterocycles. The first-order valence-corrected chi connectivity index (χ1v) is 8.35. The van der Waals surface area contributed by atoms with Gasteiger partial charge in [-0.05, 0) is 49.7 Å². The van der Waals surface area contributed by atoms with Crippen LogP contribution in [0.3, 0.4) is 0 Å². The summed E-state index contributed by atoms with van der Waals surface area (Å²) in [7, 11) is 0. The van der Waals surface area contributed by atoms with Gasteiger partial charge in [0, 0.05) is 16.8 Å². The molecule has 3 rings (SSSR count). The van der Waals surface area contributed by atoms with Crippen LogP contribution in [0.2, 0.25) is 5.02 Å². The van der Waals surface area contributed by atoms with Crippen LogP contribution in [0.25, 0.3) is 5.65 Å². The Balaban J connectivity index is 1.61. The molecular formula is C19H17ClN2O4. The van der Waals surface area contributed by atoms with Crippen molar-refractivity contribution >= 4 is 23.2 Å². The number of rotatable bonds is 5. The van der Waals surface area contributed by atoms with Gasteiger partial charge in [-0.1, -0.05) is 17.7 Å². The number of fused-ring (bicyclic) bond motifs is 1. The molecule has 0 saturated carbocycles. The van der Waals surface area contributed by atoms with Gasteiger partial charge in [0.1, 0.15) is 18.0 Å². The Morgan fingerprint density at radius 3 is 2.77 bits per heavy atom. The third-order valence-electron chi connectivity index (χ3n) is 3.80. The zero-order valence-corrected chi connectivity index (χ0v) is 15.1. The highest BCUT2D eigenvalue weighted by molar-refractivity contribution is 6.31. The third-order valence-corrected chi connectivity index (χ3v) is 4.22. The van der Waals surface area contributed by atoms with Gasteiger partial charge < -0.3 is 9.47 Å². The van der Waals surface area contributed by atoms with E-state index in [-0.39, 0.29) is 18.8 Å². The Morgan fingerprint density at radius 2 is 2.00 bits per heavy atom. The van der Waals surface area contributed by atoms with E-state index in [4.69, 9.17) is 21.1 Å². The minimum absolute atomic E-state index is 0.0957. The van der Waals surface area contributed by atoms with E-state index in [1.54, 1.807) is 24.3 Å². The van der Waals surface area contributed by atoms with Gasteiger partial charge in [0.25, 0.3) is 5.56 Å². The molecule has 3 aromatic rings. The first-order valence-electron chi connectivity index (χ1n) is 7.97. The maximum atomic E-state index is 12.2.